The standard InChI is InChI=1S/C11H23N3O/c1-10(2,15)7-14(3)8-11(4-5-11)6-9(12)13/h15H,4-8H2,1-3H3,(H3,12,13). The minimum absolute atomic E-state index is 0.228. The van der Waals surface area contributed by atoms with Crippen molar-refractivity contribution < 1.29 is 5.11 Å². The van der Waals surface area contributed by atoms with E-state index in [0.717, 1.165) is 19.4 Å². The van der Waals surface area contributed by atoms with Gasteiger partial charge in [0.25, 0.3) is 0 Å². The molecule has 0 aromatic rings. The Bertz CT molecular complexity index is 241. The molecule has 4 heteroatoms. The molecule has 15 heavy (non-hydrogen) atoms. The van der Waals surface area contributed by atoms with Gasteiger partial charge < -0.3 is 15.7 Å². The Kier molecular flexibility index (Phi) is 3.41. The van der Waals surface area contributed by atoms with Crippen LogP contribution in [0.3, 0.4) is 0 Å². The van der Waals surface area contributed by atoms with Gasteiger partial charge in [0.1, 0.15) is 0 Å². The second kappa shape index (κ2) is 4.10. The van der Waals surface area contributed by atoms with Crippen LogP contribution in [0.5, 0.6) is 0 Å². The van der Waals surface area contributed by atoms with E-state index in [9.17, 15) is 5.11 Å². The zero-order chi connectivity index (χ0) is 11.7. The zero-order valence-corrected chi connectivity index (χ0v) is 10.0. The van der Waals surface area contributed by atoms with Crippen LogP contribution in [0.25, 0.3) is 0 Å². The number of nitrogens with zero attached hydrogens (tertiary/aromatic N) is 1. The summed E-state index contributed by atoms with van der Waals surface area (Å²) in [6.45, 7) is 5.21. The predicted octanol–water partition coefficient (Wildman–Crippen LogP) is 0.795. The number of hydrogen-bond acceptors (Lipinski definition) is 3. The number of amidine groups is 1. The second-order valence-corrected chi connectivity index (χ2v) is 5.69. The largest absolute Gasteiger partial charge is 0.389 e. The third-order valence-corrected chi connectivity index (χ3v) is 2.78. The highest BCUT2D eigenvalue weighted by atomic mass is 16.3. The van der Waals surface area contributed by atoms with Gasteiger partial charge in [0, 0.05) is 19.5 Å². The fourth-order valence-corrected chi connectivity index (χ4v) is 2.26. The van der Waals surface area contributed by atoms with Crippen LogP contribution < -0.4 is 5.73 Å². The van der Waals surface area contributed by atoms with Crippen molar-refractivity contribution in [2.45, 2.75) is 38.7 Å². The molecule has 0 aromatic heterocycles. The summed E-state index contributed by atoms with van der Waals surface area (Å²) in [5, 5.41) is 17.0. The maximum atomic E-state index is 9.68. The normalized spacial score (nSPS) is 19.3. The molecule has 0 amide bonds. The Morgan fingerprint density at radius 2 is 2.07 bits per heavy atom. The number of nitrogens with two attached hydrogens (primary N) is 1. The molecule has 0 atom stereocenters. The topological polar surface area (TPSA) is 73.3 Å². The highest BCUT2D eigenvalue weighted by Gasteiger charge is 2.43. The molecule has 0 radical (unpaired) electrons. The molecular formula is C11H23N3O. The minimum Gasteiger partial charge on any atom is -0.389 e. The molecule has 0 heterocycles. The van der Waals surface area contributed by atoms with Crippen LogP contribution in [-0.4, -0.2) is 41.6 Å². The Labute approximate surface area is 92.0 Å². The smallest absolute Gasteiger partial charge is 0.0911 e. The summed E-state index contributed by atoms with van der Waals surface area (Å²) in [6.07, 6.45) is 3.01. The summed E-state index contributed by atoms with van der Waals surface area (Å²) >= 11 is 0. The molecule has 88 valence electrons. The first kappa shape index (κ1) is 12.5. The SMILES string of the molecule is CN(CC(C)(C)O)CC1(CC(=N)N)CC1. The van der Waals surface area contributed by atoms with E-state index in [4.69, 9.17) is 11.1 Å². The van der Waals surface area contributed by atoms with Crippen molar-refractivity contribution in [3.8, 4) is 0 Å². The summed E-state index contributed by atoms with van der Waals surface area (Å²) in [5.74, 6) is 0.282. The van der Waals surface area contributed by atoms with Crippen LogP contribution in [0.2, 0.25) is 0 Å². The molecule has 0 spiro atoms. The van der Waals surface area contributed by atoms with Crippen molar-refractivity contribution in [2.24, 2.45) is 11.1 Å². The van der Waals surface area contributed by atoms with E-state index in [1.165, 1.54) is 0 Å². The maximum Gasteiger partial charge on any atom is 0.0911 e. The average Bonchev–Trinajstić information content (AvgIpc) is 2.61. The summed E-state index contributed by atoms with van der Waals surface area (Å²) in [4.78, 5) is 2.13. The lowest BCUT2D eigenvalue weighted by Gasteiger charge is -2.28. The molecule has 1 fully saturated rings. The first-order chi connectivity index (χ1) is 6.72. The number of nitrogens with one attached hydrogen (secondary N) is 1. The lowest BCUT2D eigenvalue weighted by Crippen LogP contribution is -2.39. The Hall–Kier alpha value is -0.610. The van der Waals surface area contributed by atoms with Gasteiger partial charge in [-0.3, -0.25) is 5.41 Å². The summed E-state index contributed by atoms with van der Waals surface area (Å²) in [6, 6.07) is 0. The molecule has 4 nitrogen and oxygen atoms in total. The van der Waals surface area contributed by atoms with E-state index >= 15 is 0 Å². The molecular weight excluding hydrogens is 190 g/mol. The van der Waals surface area contributed by atoms with E-state index in [1.807, 2.05) is 20.9 Å². The lowest BCUT2D eigenvalue weighted by molar-refractivity contribution is 0.0391. The Morgan fingerprint density at radius 1 is 1.53 bits per heavy atom. The molecule has 0 unspecified atom stereocenters. The minimum atomic E-state index is -0.652. The second-order valence-electron chi connectivity index (χ2n) is 5.69. The molecule has 0 saturated heterocycles. The van der Waals surface area contributed by atoms with Crippen molar-refractivity contribution in [1.82, 2.24) is 4.90 Å². The molecule has 1 rings (SSSR count). The number of rotatable bonds is 6. The van der Waals surface area contributed by atoms with Gasteiger partial charge in [-0.2, -0.15) is 0 Å². The van der Waals surface area contributed by atoms with Gasteiger partial charge in [-0.15, -0.1) is 0 Å². The van der Waals surface area contributed by atoms with Gasteiger partial charge in [-0.25, -0.2) is 0 Å². The highest BCUT2D eigenvalue weighted by molar-refractivity contribution is 5.78. The summed E-state index contributed by atoms with van der Waals surface area (Å²) < 4.78 is 0. The van der Waals surface area contributed by atoms with Crippen molar-refractivity contribution in [3.05, 3.63) is 0 Å². The fourth-order valence-electron chi connectivity index (χ4n) is 2.26. The number of likely N-dealkylation sites (N-methyl/N-ethyl adjacent to an activating group) is 1. The molecule has 4 N–H and O–H groups in total. The first-order valence-corrected chi connectivity index (χ1v) is 5.46. The van der Waals surface area contributed by atoms with Crippen molar-refractivity contribution in [2.75, 3.05) is 20.1 Å². The molecule has 0 aliphatic heterocycles. The van der Waals surface area contributed by atoms with Crippen molar-refractivity contribution in [3.63, 3.8) is 0 Å². The number of aliphatic hydroxyl groups is 1. The van der Waals surface area contributed by atoms with Crippen LogP contribution >= 0.6 is 0 Å². The maximum absolute atomic E-state index is 9.68. The predicted molar refractivity (Wildman–Crippen MR) is 62.0 cm³/mol. The van der Waals surface area contributed by atoms with Crippen LogP contribution in [0.4, 0.5) is 0 Å². The van der Waals surface area contributed by atoms with Crippen LogP contribution in [0.15, 0.2) is 0 Å². The van der Waals surface area contributed by atoms with Crippen LogP contribution in [0, 0.1) is 10.8 Å². The van der Waals surface area contributed by atoms with Gasteiger partial charge in [0.15, 0.2) is 0 Å². The zero-order valence-electron chi connectivity index (χ0n) is 10.0. The van der Waals surface area contributed by atoms with E-state index in [0.29, 0.717) is 13.0 Å². The average molecular weight is 213 g/mol. The van der Waals surface area contributed by atoms with E-state index in [2.05, 4.69) is 4.90 Å². The Balaban J connectivity index is 2.38. The van der Waals surface area contributed by atoms with Gasteiger partial charge in [-0.1, -0.05) is 0 Å². The molecule has 1 saturated carbocycles. The fraction of sp³-hybridized carbons (Fsp3) is 0.909. The van der Waals surface area contributed by atoms with Gasteiger partial charge in [-0.05, 0) is 39.2 Å². The molecule has 1 aliphatic carbocycles. The van der Waals surface area contributed by atoms with Crippen molar-refractivity contribution >= 4 is 5.84 Å². The third kappa shape index (κ3) is 4.62. The third-order valence-electron chi connectivity index (χ3n) is 2.78. The first-order valence-electron chi connectivity index (χ1n) is 5.46. The molecule has 0 aromatic carbocycles. The molecule has 0 bridgehead atoms. The highest BCUT2D eigenvalue weighted by Crippen LogP contribution is 2.49. The number of hydrogen-bond donors (Lipinski definition) is 3. The van der Waals surface area contributed by atoms with Crippen LogP contribution in [-0.2, 0) is 0 Å². The van der Waals surface area contributed by atoms with Gasteiger partial charge in [0.05, 0.1) is 11.4 Å². The van der Waals surface area contributed by atoms with E-state index in [-0.39, 0.29) is 11.3 Å². The van der Waals surface area contributed by atoms with E-state index < -0.39 is 5.60 Å². The lowest BCUT2D eigenvalue weighted by atomic mass is 10.0. The summed E-state index contributed by atoms with van der Waals surface area (Å²) in [7, 11) is 2.01. The quantitative estimate of drug-likeness (QED) is 0.451. The van der Waals surface area contributed by atoms with Crippen LogP contribution in [0.1, 0.15) is 33.1 Å². The molecule has 1 aliphatic rings. The monoisotopic (exact) mass is 213 g/mol. The van der Waals surface area contributed by atoms with E-state index in [1.54, 1.807) is 0 Å². The van der Waals surface area contributed by atoms with Gasteiger partial charge >= 0.3 is 0 Å². The van der Waals surface area contributed by atoms with Crippen molar-refractivity contribution in [1.29, 1.82) is 5.41 Å². The van der Waals surface area contributed by atoms with Gasteiger partial charge in [0.2, 0.25) is 0 Å². The summed E-state index contributed by atoms with van der Waals surface area (Å²) in [5.41, 5.74) is 5.01. The Morgan fingerprint density at radius 3 is 2.40 bits per heavy atom.